The van der Waals surface area contributed by atoms with E-state index in [1.165, 1.54) is 0 Å². The SMILES string of the molecule is CC(C)(C(N)=S)N1CCN(C(=O)c2cccc(I)c2)CC1. The number of carbonyl (C=O) groups is 1. The summed E-state index contributed by atoms with van der Waals surface area (Å²) in [6.07, 6.45) is 0. The van der Waals surface area contributed by atoms with Crippen LogP contribution in [0.15, 0.2) is 24.3 Å². The van der Waals surface area contributed by atoms with E-state index < -0.39 is 0 Å². The minimum absolute atomic E-state index is 0.0984. The lowest BCUT2D eigenvalue weighted by Gasteiger charge is -2.43. The van der Waals surface area contributed by atoms with Gasteiger partial charge in [-0.25, -0.2) is 0 Å². The molecule has 0 unspecified atom stereocenters. The third-order valence-corrected chi connectivity index (χ3v) is 5.20. The van der Waals surface area contributed by atoms with Crippen LogP contribution in [-0.2, 0) is 0 Å². The van der Waals surface area contributed by atoms with Crippen LogP contribution in [0.1, 0.15) is 24.2 Å². The van der Waals surface area contributed by atoms with Crippen LogP contribution in [-0.4, -0.2) is 52.4 Å². The fourth-order valence-corrected chi connectivity index (χ4v) is 3.10. The number of halogens is 1. The van der Waals surface area contributed by atoms with Gasteiger partial charge in [-0.3, -0.25) is 9.69 Å². The Hall–Kier alpha value is -0.730. The van der Waals surface area contributed by atoms with Gasteiger partial charge < -0.3 is 10.6 Å². The Morgan fingerprint density at radius 3 is 2.43 bits per heavy atom. The molecule has 0 radical (unpaired) electrons. The zero-order valence-electron chi connectivity index (χ0n) is 12.3. The monoisotopic (exact) mass is 417 g/mol. The third-order valence-electron chi connectivity index (χ3n) is 4.03. The van der Waals surface area contributed by atoms with Gasteiger partial charge in [0.25, 0.3) is 5.91 Å². The summed E-state index contributed by atoms with van der Waals surface area (Å²) in [7, 11) is 0. The number of benzene rings is 1. The Morgan fingerprint density at radius 2 is 1.90 bits per heavy atom. The second kappa shape index (κ2) is 6.58. The zero-order valence-corrected chi connectivity index (χ0v) is 15.3. The van der Waals surface area contributed by atoms with Gasteiger partial charge in [0, 0.05) is 35.3 Å². The van der Waals surface area contributed by atoms with Gasteiger partial charge >= 0.3 is 0 Å². The molecule has 1 saturated heterocycles. The highest BCUT2D eigenvalue weighted by molar-refractivity contribution is 14.1. The van der Waals surface area contributed by atoms with Gasteiger partial charge in [0.2, 0.25) is 0 Å². The minimum Gasteiger partial charge on any atom is -0.392 e. The van der Waals surface area contributed by atoms with Crippen molar-refractivity contribution in [2.75, 3.05) is 26.2 Å². The fraction of sp³-hybridized carbons (Fsp3) is 0.467. The highest BCUT2D eigenvalue weighted by Crippen LogP contribution is 2.19. The average molecular weight is 417 g/mol. The summed E-state index contributed by atoms with van der Waals surface area (Å²) >= 11 is 7.36. The summed E-state index contributed by atoms with van der Waals surface area (Å²) in [5, 5.41) is 0. The largest absolute Gasteiger partial charge is 0.392 e. The van der Waals surface area contributed by atoms with Crippen molar-refractivity contribution in [3.8, 4) is 0 Å². The van der Waals surface area contributed by atoms with Crippen LogP contribution in [0.4, 0.5) is 0 Å². The number of hydrogen-bond donors (Lipinski definition) is 1. The maximum absolute atomic E-state index is 12.5. The molecule has 6 heteroatoms. The van der Waals surface area contributed by atoms with Crippen LogP contribution in [0.25, 0.3) is 0 Å². The molecule has 0 saturated carbocycles. The van der Waals surface area contributed by atoms with Crippen molar-refractivity contribution in [2.24, 2.45) is 5.73 Å². The second-order valence-corrected chi connectivity index (χ2v) is 7.40. The normalized spacial score (nSPS) is 16.8. The van der Waals surface area contributed by atoms with E-state index in [2.05, 4.69) is 27.5 Å². The molecule has 1 fully saturated rings. The summed E-state index contributed by atoms with van der Waals surface area (Å²) in [6.45, 7) is 7.06. The first-order valence-corrected chi connectivity index (χ1v) is 8.41. The molecule has 1 aromatic carbocycles. The maximum atomic E-state index is 12.5. The molecule has 0 aromatic heterocycles. The molecule has 1 aliphatic heterocycles. The topological polar surface area (TPSA) is 49.6 Å². The highest BCUT2D eigenvalue weighted by atomic mass is 127. The Labute approximate surface area is 144 Å². The second-order valence-electron chi connectivity index (χ2n) is 5.71. The van der Waals surface area contributed by atoms with Crippen LogP contribution in [0.3, 0.4) is 0 Å². The van der Waals surface area contributed by atoms with Crippen molar-refractivity contribution in [2.45, 2.75) is 19.4 Å². The van der Waals surface area contributed by atoms with E-state index in [0.717, 1.165) is 22.2 Å². The number of nitrogens with zero attached hydrogens (tertiary/aromatic N) is 2. The summed E-state index contributed by atoms with van der Waals surface area (Å²) in [5.41, 5.74) is 6.27. The first kappa shape index (κ1) is 16.6. The van der Waals surface area contributed by atoms with Gasteiger partial charge in [-0.2, -0.15) is 0 Å². The molecule has 0 aliphatic carbocycles. The molecule has 21 heavy (non-hydrogen) atoms. The Kier molecular flexibility index (Phi) is 5.21. The Bertz CT molecular complexity index is 554. The first-order chi connectivity index (χ1) is 9.82. The minimum atomic E-state index is -0.299. The molecule has 2 rings (SSSR count). The van der Waals surface area contributed by atoms with Gasteiger partial charge in [-0.1, -0.05) is 18.3 Å². The molecule has 1 aliphatic rings. The van der Waals surface area contributed by atoms with Crippen molar-refractivity contribution < 1.29 is 4.79 Å². The van der Waals surface area contributed by atoms with E-state index in [1.54, 1.807) is 0 Å². The fourth-order valence-electron chi connectivity index (χ4n) is 2.43. The molecule has 0 atom stereocenters. The molecule has 1 heterocycles. The first-order valence-electron chi connectivity index (χ1n) is 6.92. The lowest BCUT2D eigenvalue weighted by Crippen LogP contribution is -2.59. The van der Waals surface area contributed by atoms with Crippen LogP contribution < -0.4 is 5.73 Å². The summed E-state index contributed by atoms with van der Waals surface area (Å²) in [4.78, 5) is 17.1. The molecule has 1 amide bonds. The van der Waals surface area contributed by atoms with Gasteiger partial charge in [-0.05, 0) is 54.6 Å². The van der Waals surface area contributed by atoms with Gasteiger partial charge in [-0.15, -0.1) is 0 Å². The Morgan fingerprint density at radius 1 is 1.29 bits per heavy atom. The molecule has 1 aromatic rings. The molecule has 0 spiro atoms. The van der Waals surface area contributed by atoms with Crippen molar-refractivity contribution in [1.82, 2.24) is 9.80 Å². The van der Waals surface area contributed by atoms with E-state index >= 15 is 0 Å². The summed E-state index contributed by atoms with van der Waals surface area (Å²) in [5.74, 6) is 0.0984. The quantitative estimate of drug-likeness (QED) is 0.605. The number of rotatable bonds is 3. The average Bonchev–Trinajstić information content (AvgIpc) is 2.46. The summed E-state index contributed by atoms with van der Waals surface area (Å²) < 4.78 is 1.08. The van der Waals surface area contributed by atoms with Crippen LogP contribution in [0.2, 0.25) is 0 Å². The van der Waals surface area contributed by atoms with Gasteiger partial charge in [0.05, 0.1) is 10.5 Å². The van der Waals surface area contributed by atoms with Crippen LogP contribution in [0, 0.1) is 3.57 Å². The van der Waals surface area contributed by atoms with Crippen LogP contribution >= 0.6 is 34.8 Å². The number of carbonyl (C=O) groups excluding carboxylic acids is 1. The number of nitrogens with two attached hydrogens (primary N) is 1. The lowest BCUT2D eigenvalue weighted by molar-refractivity contribution is 0.0539. The summed E-state index contributed by atoms with van der Waals surface area (Å²) in [6, 6.07) is 7.70. The van der Waals surface area contributed by atoms with Crippen molar-refractivity contribution in [3.05, 3.63) is 33.4 Å². The zero-order chi connectivity index (χ0) is 15.6. The van der Waals surface area contributed by atoms with Gasteiger partial charge in [0.15, 0.2) is 0 Å². The molecule has 114 valence electrons. The molecular weight excluding hydrogens is 397 g/mol. The van der Waals surface area contributed by atoms with E-state index in [-0.39, 0.29) is 11.4 Å². The molecular formula is C15H20IN3OS. The van der Waals surface area contributed by atoms with E-state index in [4.69, 9.17) is 18.0 Å². The number of piperazine rings is 1. The predicted octanol–water partition coefficient (Wildman–Crippen LogP) is 2.11. The van der Waals surface area contributed by atoms with Crippen molar-refractivity contribution in [1.29, 1.82) is 0 Å². The number of hydrogen-bond acceptors (Lipinski definition) is 3. The maximum Gasteiger partial charge on any atom is 0.253 e. The highest BCUT2D eigenvalue weighted by Gasteiger charge is 2.33. The van der Waals surface area contributed by atoms with Crippen molar-refractivity contribution in [3.63, 3.8) is 0 Å². The number of thiocarbonyl (C=S) groups is 1. The third kappa shape index (κ3) is 3.73. The molecule has 2 N–H and O–H groups in total. The van der Waals surface area contributed by atoms with Crippen LogP contribution in [0.5, 0.6) is 0 Å². The predicted molar refractivity (Wildman–Crippen MR) is 97.5 cm³/mol. The lowest BCUT2D eigenvalue weighted by atomic mass is 10.0. The van der Waals surface area contributed by atoms with E-state index in [1.807, 2.05) is 43.0 Å². The van der Waals surface area contributed by atoms with E-state index in [0.29, 0.717) is 18.1 Å². The van der Waals surface area contributed by atoms with E-state index in [9.17, 15) is 4.79 Å². The Balaban J connectivity index is 2.01. The molecule has 4 nitrogen and oxygen atoms in total. The van der Waals surface area contributed by atoms with Gasteiger partial charge in [0.1, 0.15) is 0 Å². The van der Waals surface area contributed by atoms with Crippen molar-refractivity contribution >= 4 is 45.7 Å². The molecule has 0 bridgehead atoms. The standard InChI is InChI=1S/C15H20IN3OS/c1-15(2,14(17)21)19-8-6-18(7-9-19)13(20)11-4-3-5-12(16)10-11/h3-5,10H,6-9H2,1-2H3,(H2,17,21). The smallest absolute Gasteiger partial charge is 0.253 e. The number of amides is 1.